The average Bonchev–Trinajstić information content (AvgIpc) is 3.04. The van der Waals surface area contributed by atoms with Crippen molar-refractivity contribution in [3.05, 3.63) is 71.8 Å². The number of hydrogen-bond donors (Lipinski definition) is 0. The molecule has 22 heavy (non-hydrogen) atoms. The molecule has 0 aromatic heterocycles. The Morgan fingerprint density at radius 2 is 1.59 bits per heavy atom. The molecule has 2 aromatic carbocycles. The number of fused-ring (bicyclic) bond motifs is 1. The van der Waals surface area contributed by atoms with Crippen molar-refractivity contribution in [3.8, 4) is 11.1 Å². The van der Waals surface area contributed by atoms with E-state index in [9.17, 15) is 0 Å². The normalized spacial score (nSPS) is 26.5. The van der Waals surface area contributed by atoms with Crippen LogP contribution < -0.4 is 0 Å². The van der Waals surface area contributed by atoms with E-state index in [4.69, 9.17) is 0 Å². The lowest BCUT2D eigenvalue weighted by Crippen LogP contribution is -2.13. The van der Waals surface area contributed by atoms with Gasteiger partial charge in [0.25, 0.3) is 0 Å². The molecule has 2 aliphatic heterocycles. The number of rotatable bonds is 2. The van der Waals surface area contributed by atoms with Crippen LogP contribution in [0.25, 0.3) is 11.1 Å². The molecule has 2 aliphatic rings. The van der Waals surface area contributed by atoms with E-state index in [0.29, 0.717) is 12.1 Å². The van der Waals surface area contributed by atoms with Gasteiger partial charge in [-0.05, 0) is 33.7 Å². The van der Waals surface area contributed by atoms with Crippen LogP contribution in [0.5, 0.6) is 0 Å². The third-order valence-electron chi connectivity index (χ3n) is 4.97. The Kier molecular flexibility index (Phi) is 3.02. The maximum atomic E-state index is 2.60. The lowest BCUT2D eigenvalue weighted by Gasteiger charge is -2.21. The minimum Gasteiger partial charge on any atom is -0.282 e. The van der Waals surface area contributed by atoms with Gasteiger partial charge >= 0.3 is 0 Å². The first-order chi connectivity index (χ1) is 10.6. The van der Waals surface area contributed by atoms with Gasteiger partial charge < -0.3 is 0 Å². The van der Waals surface area contributed by atoms with Crippen molar-refractivity contribution in [1.29, 1.82) is 0 Å². The van der Waals surface area contributed by atoms with Gasteiger partial charge in [0.2, 0.25) is 0 Å². The summed E-state index contributed by atoms with van der Waals surface area (Å²) in [7, 11) is 0. The lowest BCUT2D eigenvalue weighted by atomic mass is 9.83. The summed E-state index contributed by atoms with van der Waals surface area (Å²) in [6.07, 6.45) is 2.43. The SMILES string of the molecule is CC(C)(C)C1=CCN2C1C2c1cccc(-c2ccccc2)c1. The van der Waals surface area contributed by atoms with E-state index in [2.05, 4.69) is 86.3 Å². The van der Waals surface area contributed by atoms with Crippen LogP contribution in [-0.4, -0.2) is 17.5 Å². The van der Waals surface area contributed by atoms with Crippen LogP contribution >= 0.6 is 0 Å². The average molecular weight is 289 g/mol. The number of benzene rings is 2. The highest BCUT2D eigenvalue weighted by Crippen LogP contribution is 2.54. The Morgan fingerprint density at radius 3 is 2.32 bits per heavy atom. The summed E-state index contributed by atoms with van der Waals surface area (Å²) in [5.41, 5.74) is 5.98. The van der Waals surface area contributed by atoms with Crippen LogP contribution in [0.3, 0.4) is 0 Å². The Morgan fingerprint density at radius 1 is 0.864 bits per heavy atom. The predicted octanol–water partition coefficient (Wildman–Crippen LogP) is 5.07. The maximum Gasteiger partial charge on any atom is 0.0552 e. The molecule has 0 N–H and O–H groups in total. The molecule has 0 saturated carbocycles. The van der Waals surface area contributed by atoms with Gasteiger partial charge in [0.05, 0.1) is 12.1 Å². The largest absolute Gasteiger partial charge is 0.282 e. The van der Waals surface area contributed by atoms with Crippen molar-refractivity contribution < 1.29 is 0 Å². The maximum absolute atomic E-state index is 2.60. The van der Waals surface area contributed by atoms with Crippen molar-refractivity contribution >= 4 is 0 Å². The molecule has 0 bridgehead atoms. The summed E-state index contributed by atoms with van der Waals surface area (Å²) in [5.74, 6) is 0. The van der Waals surface area contributed by atoms with Gasteiger partial charge in [0.1, 0.15) is 0 Å². The minimum atomic E-state index is 0.283. The highest BCUT2D eigenvalue weighted by atomic mass is 15.4. The third-order valence-corrected chi connectivity index (χ3v) is 4.97. The zero-order valence-corrected chi connectivity index (χ0v) is 13.6. The van der Waals surface area contributed by atoms with E-state index in [1.807, 2.05) is 0 Å². The highest BCUT2D eigenvalue weighted by Gasteiger charge is 2.54. The summed E-state index contributed by atoms with van der Waals surface area (Å²) in [5, 5.41) is 0. The summed E-state index contributed by atoms with van der Waals surface area (Å²) in [4.78, 5) is 2.60. The van der Waals surface area contributed by atoms with Gasteiger partial charge in [-0.3, -0.25) is 4.90 Å². The quantitative estimate of drug-likeness (QED) is 0.551. The first kappa shape index (κ1) is 13.8. The molecule has 1 nitrogen and oxygen atoms in total. The summed E-state index contributed by atoms with van der Waals surface area (Å²) < 4.78 is 0. The van der Waals surface area contributed by atoms with Crippen LogP contribution in [0.4, 0.5) is 0 Å². The number of nitrogens with zero attached hydrogens (tertiary/aromatic N) is 1. The first-order valence-electron chi connectivity index (χ1n) is 8.17. The van der Waals surface area contributed by atoms with E-state index in [-0.39, 0.29) is 5.41 Å². The fraction of sp³-hybridized carbons (Fsp3) is 0.333. The van der Waals surface area contributed by atoms with Crippen LogP contribution in [0, 0.1) is 5.41 Å². The summed E-state index contributed by atoms with van der Waals surface area (Å²) in [6, 6.07) is 21.0. The Balaban J connectivity index is 1.63. The molecule has 3 unspecified atom stereocenters. The van der Waals surface area contributed by atoms with Crippen molar-refractivity contribution in [2.45, 2.75) is 32.9 Å². The van der Waals surface area contributed by atoms with Crippen molar-refractivity contribution in [2.24, 2.45) is 5.41 Å². The van der Waals surface area contributed by atoms with Crippen molar-refractivity contribution in [1.82, 2.24) is 4.90 Å². The minimum absolute atomic E-state index is 0.283. The molecule has 3 atom stereocenters. The molecule has 0 spiro atoms. The van der Waals surface area contributed by atoms with Gasteiger partial charge in [-0.1, -0.05) is 75.4 Å². The topological polar surface area (TPSA) is 3.01 Å². The molecule has 0 aliphatic carbocycles. The molecule has 2 aromatic rings. The van der Waals surface area contributed by atoms with Crippen LogP contribution in [0.1, 0.15) is 32.4 Å². The Labute approximate surface area is 133 Å². The van der Waals surface area contributed by atoms with Crippen LogP contribution in [0.15, 0.2) is 66.2 Å². The van der Waals surface area contributed by atoms with E-state index >= 15 is 0 Å². The molecule has 2 heterocycles. The Bertz CT molecular complexity index is 721. The first-order valence-corrected chi connectivity index (χ1v) is 8.17. The zero-order valence-electron chi connectivity index (χ0n) is 13.6. The molecular formula is C21H23N. The standard InChI is InChI=1S/C21H23N/c1-21(2,3)18-12-13-22-19(20(18)22)17-11-7-10-16(14-17)15-8-5-4-6-9-15/h4-12,14,19-20H,13H2,1-3H3. The van der Waals surface area contributed by atoms with E-state index < -0.39 is 0 Å². The van der Waals surface area contributed by atoms with Gasteiger partial charge in [-0.25, -0.2) is 0 Å². The number of hydrogen-bond acceptors (Lipinski definition) is 1. The predicted molar refractivity (Wildman–Crippen MR) is 92.7 cm³/mol. The van der Waals surface area contributed by atoms with Crippen LogP contribution in [-0.2, 0) is 0 Å². The van der Waals surface area contributed by atoms with Gasteiger partial charge in [0, 0.05) is 6.54 Å². The molecule has 0 radical (unpaired) electrons. The fourth-order valence-electron chi connectivity index (χ4n) is 3.83. The van der Waals surface area contributed by atoms with Crippen molar-refractivity contribution in [3.63, 3.8) is 0 Å². The van der Waals surface area contributed by atoms with Crippen LogP contribution in [0.2, 0.25) is 0 Å². The third kappa shape index (κ3) is 2.21. The summed E-state index contributed by atoms with van der Waals surface area (Å²) >= 11 is 0. The zero-order chi connectivity index (χ0) is 15.3. The lowest BCUT2D eigenvalue weighted by molar-refractivity contribution is 0.482. The van der Waals surface area contributed by atoms with Gasteiger partial charge in [0.15, 0.2) is 0 Å². The summed E-state index contributed by atoms with van der Waals surface area (Å²) in [6.45, 7) is 8.10. The molecule has 4 rings (SSSR count). The molecule has 1 saturated heterocycles. The second-order valence-electron chi connectivity index (χ2n) is 7.49. The Hall–Kier alpha value is -1.86. The van der Waals surface area contributed by atoms with Crippen molar-refractivity contribution in [2.75, 3.05) is 6.54 Å². The monoisotopic (exact) mass is 289 g/mol. The van der Waals surface area contributed by atoms with Gasteiger partial charge in [-0.15, -0.1) is 0 Å². The van der Waals surface area contributed by atoms with E-state index in [1.54, 1.807) is 5.57 Å². The fourth-order valence-corrected chi connectivity index (χ4v) is 3.83. The molecule has 112 valence electrons. The van der Waals surface area contributed by atoms with E-state index in [0.717, 1.165) is 6.54 Å². The smallest absolute Gasteiger partial charge is 0.0552 e. The molecule has 1 heteroatoms. The molecule has 1 fully saturated rings. The van der Waals surface area contributed by atoms with E-state index in [1.165, 1.54) is 16.7 Å². The second-order valence-corrected chi connectivity index (χ2v) is 7.49. The van der Waals surface area contributed by atoms with Gasteiger partial charge in [-0.2, -0.15) is 0 Å². The molecule has 0 amide bonds. The highest BCUT2D eigenvalue weighted by molar-refractivity contribution is 5.64. The molecular weight excluding hydrogens is 266 g/mol. The second kappa shape index (κ2) is 4.82.